The van der Waals surface area contributed by atoms with Crippen LogP contribution in [0.3, 0.4) is 0 Å². The molecule has 1 aromatic rings. The van der Waals surface area contributed by atoms with Gasteiger partial charge in [0.15, 0.2) is 11.5 Å². The summed E-state index contributed by atoms with van der Waals surface area (Å²) in [6.07, 6.45) is 2.32. The summed E-state index contributed by atoms with van der Waals surface area (Å²) in [5.74, 6) is 1.61. The van der Waals surface area contributed by atoms with E-state index in [1.165, 1.54) is 25.1 Å². The Labute approximate surface area is 122 Å². The molecular weight excluding hydrogens is 252 g/mol. The summed E-state index contributed by atoms with van der Waals surface area (Å²) < 4.78 is 10.6. The SMILES string of the molecule is CCNC1CCN(CCc2ccc(OC)c(OC)c2)C1. The molecule has 0 saturated carbocycles. The first kappa shape index (κ1) is 15.1. The lowest BCUT2D eigenvalue weighted by molar-refractivity contribution is 0.331. The average Bonchev–Trinajstić information content (AvgIpc) is 2.93. The van der Waals surface area contributed by atoms with Crippen LogP contribution in [0.15, 0.2) is 18.2 Å². The fourth-order valence-electron chi connectivity index (χ4n) is 2.81. The largest absolute Gasteiger partial charge is 0.493 e. The molecule has 1 atom stereocenters. The van der Waals surface area contributed by atoms with Gasteiger partial charge in [0.05, 0.1) is 14.2 Å². The predicted octanol–water partition coefficient (Wildman–Crippen LogP) is 1.93. The number of hydrogen-bond acceptors (Lipinski definition) is 4. The van der Waals surface area contributed by atoms with E-state index in [9.17, 15) is 0 Å². The van der Waals surface area contributed by atoms with E-state index in [1.807, 2.05) is 6.07 Å². The van der Waals surface area contributed by atoms with Gasteiger partial charge in [0, 0.05) is 19.1 Å². The topological polar surface area (TPSA) is 33.7 Å². The summed E-state index contributed by atoms with van der Waals surface area (Å²) in [6.45, 7) is 6.71. The van der Waals surface area contributed by atoms with Crippen LogP contribution < -0.4 is 14.8 Å². The second kappa shape index (κ2) is 7.50. The molecule has 1 fully saturated rings. The second-order valence-electron chi connectivity index (χ2n) is 5.28. The van der Waals surface area contributed by atoms with Crippen LogP contribution >= 0.6 is 0 Å². The number of likely N-dealkylation sites (N-methyl/N-ethyl adjacent to an activating group) is 1. The van der Waals surface area contributed by atoms with Crippen LogP contribution in [0.1, 0.15) is 18.9 Å². The first-order valence-electron chi connectivity index (χ1n) is 7.43. The maximum absolute atomic E-state index is 5.35. The molecule has 1 aliphatic rings. The minimum Gasteiger partial charge on any atom is -0.493 e. The monoisotopic (exact) mass is 278 g/mol. The molecule has 1 saturated heterocycles. The molecule has 0 amide bonds. The van der Waals surface area contributed by atoms with Gasteiger partial charge in [0.25, 0.3) is 0 Å². The molecule has 20 heavy (non-hydrogen) atoms. The van der Waals surface area contributed by atoms with Gasteiger partial charge in [-0.05, 0) is 43.6 Å². The summed E-state index contributed by atoms with van der Waals surface area (Å²) in [5.41, 5.74) is 1.30. The van der Waals surface area contributed by atoms with Crippen LogP contribution in [0.5, 0.6) is 11.5 Å². The Hall–Kier alpha value is -1.26. The second-order valence-corrected chi connectivity index (χ2v) is 5.28. The molecule has 1 N–H and O–H groups in total. The summed E-state index contributed by atoms with van der Waals surface area (Å²) in [4.78, 5) is 2.53. The first-order chi connectivity index (χ1) is 9.76. The van der Waals surface area contributed by atoms with E-state index in [2.05, 4.69) is 29.3 Å². The Morgan fingerprint density at radius 3 is 2.75 bits per heavy atom. The van der Waals surface area contributed by atoms with Crippen LogP contribution in [0.4, 0.5) is 0 Å². The number of nitrogens with one attached hydrogen (secondary N) is 1. The van der Waals surface area contributed by atoms with E-state index < -0.39 is 0 Å². The van der Waals surface area contributed by atoms with E-state index in [0.717, 1.165) is 31.0 Å². The van der Waals surface area contributed by atoms with E-state index >= 15 is 0 Å². The van der Waals surface area contributed by atoms with Crippen molar-refractivity contribution < 1.29 is 9.47 Å². The molecule has 0 radical (unpaired) electrons. The molecule has 1 aromatic carbocycles. The van der Waals surface area contributed by atoms with E-state index in [4.69, 9.17) is 9.47 Å². The lowest BCUT2D eigenvalue weighted by atomic mass is 10.1. The van der Waals surface area contributed by atoms with Crippen molar-refractivity contribution in [2.75, 3.05) is 40.4 Å². The van der Waals surface area contributed by atoms with Gasteiger partial charge in [-0.2, -0.15) is 0 Å². The Morgan fingerprint density at radius 2 is 2.05 bits per heavy atom. The highest BCUT2D eigenvalue weighted by Gasteiger charge is 2.20. The fraction of sp³-hybridized carbons (Fsp3) is 0.625. The van der Waals surface area contributed by atoms with Gasteiger partial charge in [-0.15, -0.1) is 0 Å². The van der Waals surface area contributed by atoms with E-state index in [0.29, 0.717) is 6.04 Å². The molecule has 112 valence electrons. The van der Waals surface area contributed by atoms with Crippen molar-refractivity contribution >= 4 is 0 Å². The number of ether oxygens (including phenoxy) is 2. The summed E-state index contributed by atoms with van der Waals surface area (Å²) in [6, 6.07) is 6.86. The maximum Gasteiger partial charge on any atom is 0.160 e. The van der Waals surface area contributed by atoms with Crippen molar-refractivity contribution in [3.8, 4) is 11.5 Å². The number of benzene rings is 1. The van der Waals surface area contributed by atoms with E-state index in [1.54, 1.807) is 14.2 Å². The van der Waals surface area contributed by atoms with Crippen LogP contribution in [-0.2, 0) is 6.42 Å². The minimum absolute atomic E-state index is 0.672. The summed E-state index contributed by atoms with van der Waals surface area (Å²) >= 11 is 0. The zero-order valence-corrected chi connectivity index (χ0v) is 12.8. The van der Waals surface area contributed by atoms with Gasteiger partial charge in [0.2, 0.25) is 0 Å². The van der Waals surface area contributed by atoms with Gasteiger partial charge in [-0.1, -0.05) is 13.0 Å². The molecule has 1 unspecified atom stereocenters. The molecule has 4 heteroatoms. The van der Waals surface area contributed by atoms with E-state index in [-0.39, 0.29) is 0 Å². The van der Waals surface area contributed by atoms with Gasteiger partial charge < -0.3 is 19.7 Å². The quantitative estimate of drug-likeness (QED) is 0.826. The molecule has 0 spiro atoms. The lowest BCUT2D eigenvalue weighted by Gasteiger charge is -2.17. The number of methoxy groups -OCH3 is 2. The number of hydrogen-bond donors (Lipinski definition) is 1. The van der Waals surface area contributed by atoms with Crippen molar-refractivity contribution in [3.05, 3.63) is 23.8 Å². The van der Waals surface area contributed by atoms with Crippen molar-refractivity contribution in [1.29, 1.82) is 0 Å². The highest BCUT2D eigenvalue weighted by Crippen LogP contribution is 2.27. The average molecular weight is 278 g/mol. The van der Waals surface area contributed by atoms with Gasteiger partial charge in [-0.3, -0.25) is 0 Å². The fourth-order valence-corrected chi connectivity index (χ4v) is 2.81. The Kier molecular flexibility index (Phi) is 5.68. The maximum atomic E-state index is 5.35. The molecule has 1 heterocycles. The molecule has 0 aliphatic carbocycles. The van der Waals surface area contributed by atoms with Crippen LogP contribution in [-0.4, -0.2) is 51.3 Å². The van der Waals surface area contributed by atoms with Gasteiger partial charge in [-0.25, -0.2) is 0 Å². The molecule has 4 nitrogen and oxygen atoms in total. The van der Waals surface area contributed by atoms with Crippen LogP contribution in [0.25, 0.3) is 0 Å². The number of rotatable bonds is 7. The van der Waals surface area contributed by atoms with Crippen LogP contribution in [0.2, 0.25) is 0 Å². The van der Waals surface area contributed by atoms with Crippen molar-refractivity contribution in [3.63, 3.8) is 0 Å². The number of likely N-dealkylation sites (tertiary alicyclic amines) is 1. The third-order valence-corrected chi connectivity index (χ3v) is 3.93. The third-order valence-electron chi connectivity index (χ3n) is 3.93. The normalized spacial score (nSPS) is 19.2. The minimum atomic E-state index is 0.672. The Balaban J connectivity index is 1.85. The lowest BCUT2D eigenvalue weighted by Crippen LogP contribution is -2.32. The van der Waals surface area contributed by atoms with Crippen molar-refractivity contribution in [2.24, 2.45) is 0 Å². The highest BCUT2D eigenvalue weighted by atomic mass is 16.5. The number of nitrogens with zero attached hydrogens (tertiary/aromatic N) is 1. The highest BCUT2D eigenvalue weighted by molar-refractivity contribution is 5.42. The van der Waals surface area contributed by atoms with Crippen molar-refractivity contribution in [1.82, 2.24) is 10.2 Å². The molecule has 0 bridgehead atoms. The molecule has 2 rings (SSSR count). The summed E-state index contributed by atoms with van der Waals surface area (Å²) in [5, 5.41) is 3.53. The Bertz CT molecular complexity index is 423. The zero-order valence-electron chi connectivity index (χ0n) is 12.8. The van der Waals surface area contributed by atoms with Crippen LogP contribution in [0, 0.1) is 0 Å². The molecule has 0 aromatic heterocycles. The van der Waals surface area contributed by atoms with Gasteiger partial charge >= 0.3 is 0 Å². The third kappa shape index (κ3) is 3.87. The zero-order chi connectivity index (χ0) is 14.4. The Morgan fingerprint density at radius 1 is 1.25 bits per heavy atom. The smallest absolute Gasteiger partial charge is 0.160 e. The first-order valence-corrected chi connectivity index (χ1v) is 7.43. The predicted molar refractivity (Wildman–Crippen MR) is 81.8 cm³/mol. The van der Waals surface area contributed by atoms with Crippen molar-refractivity contribution in [2.45, 2.75) is 25.8 Å². The summed E-state index contributed by atoms with van der Waals surface area (Å²) in [7, 11) is 3.35. The van der Waals surface area contributed by atoms with Gasteiger partial charge in [0.1, 0.15) is 0 Å². The molecular formula is C16H26N2O2. The molecule has 1 aliphatic heterocycles. The standard InChI is InChI=1S/C16H26N2O2/c1-4-17-14-8-10-18(12-14)9-7-13-5-6-15(19-2)16(11-13)20-3/h5-6,11,14,17H,4,7-10,12H2,1-3H3.